The number of ether oxygens (including phenoxy) is 1. The Morgan fingerprint density at radius 3 is 2.67 bits per heavy atom. The van der Waals surface area contributed by atoms with Crippen molar-refractivity contribution in [3.8, 4) is 11.5 Å². The van der Waals surface area contributed by atoms with Crippen molar-refractivity contribution in [2.24, 2.45) is 0 Å². The molecule has 1 aliphatic heterocycles. The highest BCUT2D eigenvalue weighted by Gasteiger charge is 2.19. The predicted octanol–water partition coefficient (Wildman–Crippen LogP) is 1.40. The van der Waals surface area contributed by atoms with Gasteiger partial charge in [-0.05, 0) is 31.4 Å². The number of rotatable bonds is 3. The Labute approximate surface area is 105 Å². The third-order valence-corrected chi connectivity index (χ3v) is 3.01. The molecule has 1 saturated heterocycles. The maximum absolute atomic E-state index is 11.8. The molecule has 18 heavy (non-hydrogen) atoms. The van der Waals surface area contributed by atoms with Crippen LogP contribution >= 0.6 is 0 Å². The average Bonchev–Trinajstić information content (AvgIpc) is 2.37. The van der Waals surface area contributed by atoms with Gasteiger partial charge in [-0.2, -0.15) is 0 Å². The number of carbonyl (C=O) groups excluding carboxylic acids is 1. The van der Waals surface area contributed by atoms with Gasteiger partial charge in [0.2, 0.25) is 0 Å². The molecule has 98 valence electrons. The van der Waals surface area contributed by atoms with Crippen LogP contribution in [0.15, 0.2) is 18.2 Å². The van der Waals surface area contributed by atoms with Crippen LogP contribution in [0.4, 0.5) is 0 Å². The van der Waals surface area contributed by atoms with Crippen LogP contribution in [0.1, 0.15) is 29.6 Å². The number of aromatic hydroxyl groups is 2. The van der Waals surface area contributed by atoms with Crippen LogP contribution in [0.2, 0.25) is 0 Å². The van der Waals surface area contributed by atoms with Crippen LogP contribution in [0.25, 0.3) is 0 Å². The number of phenols is 2. The number of carbonyl (C=O) groups is 1. The van der Waals surface area contributed by atoms with Gasteiger partial charge in [0.1, 0.15) is 17.1 Å². The molecule has 5 nitrogen and oxygen atoms in total. The second kappa shape index (κ2) is 5.73. The average molecular weight is 251 g/mol. The number of hydrogen-bond acceptors (Lipinski definition) is 4. The van der Waals surface area contributed by atoms with Gasteiger partial charge in [-0.15, -0.1) is 0 Å². The first kappa shape index (κ1) is 12.7. The molecule has 0 aromatic heterocycles. The van der Waals surface area contributed by atoms with E-state index in [1.807, 2.05) is 0 Å². The SMILES string of the molecule is O=C(NCC1CCCCO1)c1c(O)cccc1O. The molecule has 5 heteroatoms. The summed E-state index contributed by atoms with van der Waals surface area (Å²) in [6.45, 7) is 1.12. The molecular weight excluding hydrogens is 234 g/mol. The van der Waals surface area contributed by atoms with Gasteiger partial charge in [0.25, 0.3) is 5.91 Å². The second-order valence-electron chi connectivity index (χ2n) is 4.37. The van der Waals surface area contributed by atoms with Gasteiger partial charge in [-0.1, -0.05) is 6.07 Å². The molecule has 1 amide bonds. The zero-order chi connectivity index (χ0) is 13.0. The van der Waals surface area contributed by atoms with Crippen LogP contribution < -0.4 is 5.32 Å². The summed E-state index contributed by atoms with van der Waals surface area (Å²) >= 11 is 0. The third-order valence-electron chi connectivity index (χ3n) is 3.01. The van der Waals surface area contributed by atoms with Crippen molar-refractivity contribution in [2.75, 3.05) is 13.2 Å². The first-order valence-electron chi connectivity index (χ1n) is 6.09. The smallest absolute Gasteiger partial charge is 0.258 e. The summed E-state index contributed by atoms with van der Waals surface area (Å²) in [6, 6.07) is 4.21. The fourth-order valence-corrected chi connectivity index (χ4v) is 2.02. The zero-order valence-electron chi connectivity index (χ0n) is 10.1. The predicted molar refractivity (Wildman–Crippen MR) is 65.7 cm³/mol. The molecule has 1 atom stereocenters. The Bertz CT molecular complexity index is 407. The van der Waals surface area contributed by atoms with Gasteiger partial charge < -0.3 is 20.3 Å². The van der Waals surface area contributed by atoms with Gasteiger partial charge in [0.15, 0.2) is 0 Å². The molecule has 1 aromatic carbocycles. The van der Waals surface area contributed by atoms with Crippen LogP contribution in [0, 0.1) is 0 Å². The Balaban J connectivity index is 1.95. The fourth-order valence-electron chi connectivity index (χ4n) is 2.02. The monoisotopic (exact) mass is 251 g/mol. The minimum atomic E-state index is -0.486. The molecule has 2 rings (SSSR count). The van der Waals surface area contributed by atoms with Crippen LogP contribution in [0.3, 0.4) is 0 Å². The van der Waals surface area contributed by atoms with Crippen molar-refractivity contribution in [3.05, 3.63) is 23.8 Å². The molecule has 0 saturated carbocycles. The molecular formula is C13H17NO4. The summed E-state index contributed by atoms with van der Waals surface area (Å²) in [4.78, 5) is 11.8. The van der Waals surface area contributed by atoms with Crippen molar-refractivity contribution < 1.29 is 19.7 Å². The van der Waals surface area contributed by atoms with Gasteiger partial charge >= 0.3 is 0 Å². The molecule has 1 fully saturated rings. The third kappa shape index (κ3) is 2.92. The van der Waals surface area contributed by atoms with E-state index in [9.17, 15) is 15.0 Å². The number of amides is 1. The highest BCUT2D eigenvalue weighted by Crippen LogP contribution is 2.25. The highest BCUT2D eigenvalue weighted by atomic mass is 16.5. The van der Waals surface area contributed by atoms with Crippen molar-refractivity contribution in [2.45, 2.75) is 25.4 Å². The number of nitrogens with one attached hydrogen (secondary N) is 1. The van der Waals surface area contributed by atoms with Gasteiger partial charge in [0, 0.05) is 13.2 Å². The lowest BCUT2D eigenvalue weighted by molar-refractivity contribution is 0.0168. The Morgan fingerprint density at radius 2 is 2.06 bits per heavy atom. The largest absolute Gasteiger partial charge is 0.507 e. The molecule has 3 N–H and O–H groups in total. The Morgan fingerprint density at radius 1 is 1.33 bits per heavy atom. The molecule has 0 bridgehead atoms. The van der Waals surface area contributed by atoms with Crippen molar-refractivity contribution in [3.63, 3.8) is 0 Å². The van der Waals surface area contributed by atoms with Crippen LogP contribution in [0.5, 0.6) is 11.5 Å². The first-order chi connectivity index (χ1) is 8.68. The zero-order valence-corrected chi connectivity index (χ0v) is 10.1. The minimum Gasteiger partial charge on any atom is -0.507 e. The van der Waals surface area contributed by atoms with E-state index >= 15 is 0 Å². The summed E-state index contributed by atoms with van der Waals surface area (Å²) in [7, 11) is 0. The molecule has 1 aromatic rings. The lowest BCUT2D eigenvalue weighted by atomic mass is 10.1. The van der Waals surface area contributed by atoms with E-state index in [1.54, 1.807) is 0 Å². The van der Waals surface area contributed by atoms with E-state index in [-0.39, 0.29) is 23.2 Å². The summed E-state index contributed by atoms with van der Waals surface area (Å²) in [6.07, 6.45) is 3.11. The Kier molecular flexibility index (Phi) is 4.04. The fraction of sp³-hybridized carbons (Fsp3) is 0.462. The van der Waals surface area contributed by atoms with E-state index in [0.717, 1.165) is 25.9 Å². The second-order valence-corrected chi connectivity index (χ2v) is 4.37. The van der Waals surface area contributed by atoms with E-state index in [0.29, 0.717) is 6.54 Å². The van der Waals surface area contributed by atoms with Crippen molar-refractivity contribution >= 4 is 5.91 Å². The quantitative estimate of drug-likeness (QED) is 0.758. The van der Waals surface area contributed by atoms with E-state index < -0.39 is 5.91 Å². The Hall–Kier alpha value is -1.75. The van der Waals surface area contributed by atoms with Crippen LogP contribution in [-0.4, -0.2) is 35.4 Å². The lowest BCUT2D eigenvalue weighted by Gasteiger charge is -2.22. The molecule has 0 aliphatic carbocycles. The number of phenolic OH excluding ortho intramolecular Hbond substituents is 2. The lowest BCUT2D eigenvalue weighted by Crippen LogP contribution is -2.35. The first-order valence-corrected chi connectivity index (χ1v) is 6.09. The number of hydrogen-bond donors (Lipinski definition) is 3. The summed E-state index contributed by atoms with van der Waals surface area (Å²) in [5.74, 6) is -0.936. The summed E-state index contributed by atoms with van der Waals surface area (Å²) in [5.41, 5.74) is -0.0895. The highest BCUT2D eigenvalue weighted by molar-refractivity contribution is 5.99. The minimum absolute atomic E-state index is 0.0238. The van der Waals surface area contributed by atoms with Crippen LogP contribution in [-0.2, 0) is 4.74 Å². The summed E-state index contributed by atoms with van der Waals surface area (Å²) in [5, 5.41) is 21.8. The van der Waals surface area contributed by atoms with E-state index in [1.165, 1.54) is 18.2 Å². The molecule has 0 spiro atoms. The number of benzene rings is 1. The molecule has 1 unspecified atom stereocenters. The molecule has 1 heterocycles. The maximum atomic E-state index is 11.8. The van der Waals surface area contributed by atoms with Gasteiger partial charge in [-0.3, -0.25) is 4.79 Å². The van der Waals surface area contributed by atoms with Crippen molar-refractivity contribution in [1.29, 1.82) is 0 Å². The van der Waals surface area contributed by atoms with Gasteiger partial charge in [-0.25, -0.2) is 0 Å². The van der Waals surface area contributed by atoms with E-state index in [4.69, 9.17) is 4.74 Å². The van der Waals surface area contributed by atoms with Gasteiger partial charge in [0.05, 0.1) is 6.10 Å². The molecule has 1 aliphatic rings. The van der Waals surface area contributed by atoms with Crippen molar-refractivity contribution in [1.82, 2.24) is 5.32 Å². The summed E-state index contributed by atoms with van der Waals surface area (Å²) < 4.78 is 5.48. The maximum Gasteiger partial charge on any atom is 0.258 e. The van der Waals surface area contributed by atoms with E-state index in [2.05, 4.69) is 5.32 Å². The topological polar surface area (TPSA) is 78.8 Å². The standard InChI is InChI=1S/C13H17NO4/c15-10-5-3-6-11(16)12(10)13(17)14-8-9-4-1-2-7-18-9/h3,5-6,9,15-16H,1-2,4,7-8H2,(H,14,17). The molecule has 0 radical (unpaired) electrons. The normalized spacial score (nSPS) is 19.4.